The summed E-state index contributed by atoms with van der Waals surface area (Å²) in [6.07, 6.45) is 1.60. The number of nitrogens with one attached hydrogen (secondary N) is 2. The molecule has 1 aromatic rings. The van der Waals surface area contributed by atoms with Crippen molar-refractivity contribution < 1.29 is 4.79 Å². The average molecular weight is 259 g/mol. The maximum Gasteiger partial charge on any atom is 0.323 e. The van der Waals surface area contributed by atoms with Crippen LogP contribution in [0.4, 0.5) is 10.5 Å². The summed E-state index contributed by atoms with van der Waals surface area (Å²) >= 11 is 11.7. The van der Waals surface area contributed by atoms with Crippen LogP contribution in [0.15, 0.2) is 30.0 Å². The molecule has 86 valence electrons. The Hall–Kier alpha value is -1.19. The number of allylic oxidation sites excluding steroid dienone is 1. The third kappa shape index (κ3) is 3.76. The Morgan fingerprint density at radius 1 is 1.31 bits per heavy atom. The summed E-state index contributed by atoms with van der Waals surface area (Å²) in [6, 6.07) is 4.69. The van der Waals surface area contributed by atoms with Crippen LogP contribution in [-0.2, 0) is 0 Å². The van der Waals surface area contributed by atoms with Crippen molar-refractivity contribution in [3.8, 4) is 0 Å². The summed E-state index contributed by atoms with van der Waals surface area (Å²) in [5.74, 6) is 0. The number of amides is 2. The van der Waals surface area contributed by atoms with Gasteiger partial charge in [-0.05, 0) is 26.0 Å². The molecule has 1 rings (SSSR count). The molecule has 0 spiro atoms. The molecule has 0 saturated heterocycles. The smallest absolute Gasteiger partial charge is 0.314 e. The van der Waals surface area contributed by atoms with Crippen molar-refractivity contribution in [2.75, 3.05) is 5.32 Å². The van der Waals surface area contributed by atoms with Crippen molar-refractivity contribution >= 4 is 34.9 Å². The number of anilines is 1. The lowest BCUT2D eigenvalue weighted by Crippen LogP contribution is -2.24. The highest BCUT2D eigenvalue weighted by Crippen LogP contribution is 2.29. The molecule has 0 aromatic heterocycles. The Morgan fingerprint density at radius 3 is 2.62 bits per heavy atom. The molecule has 0 bridgehead atoms. The quantitative estimate of drug-likeness (QED) is 0.826. The number of hydrogen-bond acceptors (Lipinski definition) is 1. The first-order valence-electron chi connectivity index (χ1n) is 4.65. The molecule has 16 heavy (non-hydrogen) atoms. The Kier molecular flexibility index (Phi) is 4.65. The van der Waals surface area contributed by atoms with Crippen molar-refractivity contribution in [2.24, 2.45) is 0 Å². The van der Waals surface area contributed by atoms with Gasteiger partial charge in [-0.15, -0.1) is 0 Å². The first-order valence-corrected chi connectivity index (χ1v) is 5.41. The highest BCUT2D eigenvalue weighted by molar-refractivity contribution is 6.43. The third-order valence-corrected chi connectivity index (χ3v) is 2.51. The molecule has 0 aliphatic carbocycles. The van der Waals surface area contributed by atoms with Gasteiger partial charge in [0.25, 0.3) is 0 Å². The zero-order valence-corrected chi connectivity index (χ0v) is 10.5. The van der Waals surface area contributed by atoms with E-state index in [9.17, 15) is 4.79 Å². The minimum atomic E-state index is -0.356. The molecular weight excluding hydrogens is 247 g/mol. The van der Waals surface area contributed by atoms with Crippen LogP contribution in [0.25, 0.3) is 0 Å². The maximum absolute atomic E-state index is 11.4. The van der Waals surface area contributed by atoms with E-state index in [2.05, 4.69) is 10.6 Å². The highest BCUT2D eigenvalue weighted by atomic mass is 35.5. The topological polar surface area (TPSA) is 41.1 Å². The zero-order chi connectivity index (χ0) is 12.1. The van der Waals surface area contributed by atoms with Crippen LogP contribution in [0.5, 0.6) is 0 Å². The second-order valence-electron chi connectivity index (χ2n) is 3.42. The summed E-state index contributed by atoms with van der Waals surface area (Å²) in [6.45, 7) is 3.76. The van der Waals surface area contributed by atoms with Crippen LogP contribution in [-0.4, -0.2) is 6.03 Å². The number of hydrogen-bond donors (Lipinski definition) is 2. The van der Waals surface area contributed by atoms with Crippen LogP contribution in [0.3, 0.4) is 0 Å². The van der Waals surface area contributed by atoms with Crippen LogP contribution >= 0.6 is 23.2 Å². The minimum absolute atomic E-state index is 0.330. The van der Waals surface area contributed by atoms with Crippen molar-refractivity contribution in [3.05, 3.63) is 40.0 Å². The number of halogens is 2. The van der Waals surface area contributed by atoms with Gasteiger partial charge in [-0.25, -0.2) is 4.79 Å². The molecule has 0 radical (unpaired) electrons. The van der Waals surface area contributed by atoms with E-state index in [1.165, 1.54) is 0 Å². The molecule has 0 heterocycles. The Morgan fingerprint density at radius 2 is 2.00 bits per heavy atom. The lowest BCUT2D eigenvalue weighted by molar-refractivity contribution is 0.255. The fourth-order valence-electron chi connectivity index (χ4n) is 0.969. The summed E-state index contributed by atoms with van der Waals surface area (Å²) in [4.78, 5) is 11.4. The van der Waals surface area contributed by atoms with Crippen LogP contribution in [0, 0.1) is 0 Å². The van der Waals surface area contributed by atoms with Crippen molar-refractivity contribution in [2.45, 2.75) is 13.8 Å². The van der Waals surface area contributed by atoms with Gasteiger partial charge in [0.1, 0.15) is 0 Å². The van der Waals surface area contributed by atoms with E-state index in [0.717, 1.165) is 5.57 Å². The molecule has 2 N–H and O–H groups in total. The molecule has 3 nitrogen and oxygen atoms in total. The van der Waals surface area contributed by atoms with Gasteiger partial charge in [0.05, 0.1) is 15.7 Å². The number of rotatable bonds is 2. The molecule has 0 fully saturated rings. The molecule has 1 aromatic carbocycles. The molecular formula is C11H12Cl2N2O. The van der Waals surface area contributed by atoms with Gasteiger partial charge in [0.15, 0.2) is 0 Å². The summed E-state index contributed by atoms with van der Waals surface area (Å²) in [5.41, 5.74) is 1.47. The highest BCUT2D eigenvalue weighted by Gasteiger charge is 2.06. The second kappa shape index (κ2) is 5.77. The molecule has 2 amide bonds. The normalized spacial score (nSPS) is 9.50. The first kappa shape index (κ1) is 12.9. The summed E-state index contributed by atoms with van der Waals surface area (Å²) in [5, 5.41) is 5.89. The van der Waals surface area contributed by atoms with E-state index in [1.54, 1.807) is 24.4 Å². The fraction of sp³-hybridized carbons (Fsp3) is 0.182. The van der Waals surface area contributed by atoms with Crippen molar-refractivity contribution in [1.82, 2.24) is 5.32 Å². The van der Waals surface area contributed by atoms with Gasteiger partial charge in [-0.2, -0.15) is 0 Å². The Labute approximate surface area is 104 Å². The van der Waals surface area contributed by atoms with Gasteiger partial charge < -0.3 is 10.6 Å². The van der Waals surface area contributed by atoms with Crippen LogP contribution < -0.4 is 10.6 Å². The van der Waals surface area contributed by atoms with Crippen molar-refractivity contribution in [3.63, 3.8) is 0 Å². The maximum atomic E-state index is 11.4. The number of carbonyl (C=O) groups is 1. The molecule has 0 aliphatic rings. The first-order chi connectivity index (χ1) is 7.50. The van der Waals surface area contributed by atoms with E-state index in [1.807, 2.05) is 13.8 Å². The monoisotopic (exact) mass is 258 g/mol. The Bertz CT molecular complexity index is 426. The predicted octanol–water partition coefficient (Wildman–Crippen LogP) is 4.04. The van der Waals surface area contributed by atoms with Gasteiger partial charge in [-0.1, -0.05) is 34.8 Å². The summed E-state index contributed by atoms with van der Waals surface area (Å²) in [7, 11) is 0. The average Bonchev–Trinajstić information content (AvgIpc) is 2.22. The van der Waals surface area contributed by atoms with Gasteiger partial charge in [0.2, 0.25) is 0 Å². The standard InChI is InChI=1S/C11H12Cl2N2O/c1-7(2)6-14-11(16)15-9-5-3-4-8(12)10(9)13/h3-6H,1-2H3,(H2,14,15,16). The molecule has 5 heteroatoms. The van der Waals surface area contributed by atoms with Gasteiger partial charge in [-0.3, -0.25) is 0 Å². The SMILES string of the molecule is CC(C)=CNC(=O)Nc1cccc(Cl)c1Cl. The van der Waals surface area contributed by atoms with Crippen LogP contribution in [0.2, 0.25) is 10.0 Å². The second-order valence-corrected chi connectivity index (χ2v) is 4.21. The molecule has 0 aliphatic heterocycles. The fourth-order valence-corrected chi connectivity index (χ4v) is 1.32. The van der Waals surface area contributed by atoms with E-state index in [0.29, 0.717) is 15.7 Å². The third-order valence-electron chi connectivity index (χ3n) is 1.69. The molecule has 0 saturated carbocycles. The lowest BCUT2D eigenvalue weighted by atomic mass is 10.3. The van der Waals surface area contributed by atoms with Crippen molar-refractivity contribution in [1.29, 1.82) is 0 Å². The lowest BCUT2D eigenvalue weighted by Gasteiger charge is -2.07. The van der Waals surface area contributed by atoms with Gasteiger partial charge in [0, 0.05) is 6.20 Å². The largest absolute Gasteiger partial charge is 0.323 e. The van der Waals surface area contributed by atoms with E-state index in [4.69, 9.17) is 23.2 Å². The molecule has 0 atom stereocenters. The summed E-state index contributed by atoms with van der Waals surface area (Å²) < 4.78 is 0. The number of urea groups is 1. The number of carbonyl (C=O) groups excluding carboxylic acids is 1. The number of benzene rings is 1. The molecule has 0 unspecified atom stereocenters. The van der Waals surface area contributed by atoms with E-state index < -0.39 is 0 Å². The van der Waals surface area contributed by atoms with Crippen LogP contribution in [0.1, 0.15) is 13.8 Å². The minimum Gasteiger partial charge on any atom is -0.314 e. The Balaban J connectivity index is 2.70. The van der Waals surface area contributed by atoms with Gasteiger partial charge >= 0.3 is 6.03 Å². The predicted molar refractivity (Wildman–Crippen MR) is 68.0 cm³/mol. The zero-order valence-electron chi connectivity index (χ0n) is 8.97. The van der Waals surface area contributed by atoms with E-state index in [-0.39, 0.29) is 6.03 Å². The van der Waals surface area contributed by atoms with E-state index >= 15 is 0 Å².